The lowest BCUT2D eigenvalue weighted by Gasteiger charge is -2.13. The Kier molecular flexibility index (Phi) is 14.0. The number of Topliss-reactive ketones (excluding diaryl/α,β-unsaturated/α-hetero) is 1. The van der Waals surface area contributed by atoms with Gasteiger partial charge < -0.3 is 10.4 Å². The molecule has 0 saturated carbocycles. The van der Waals surface area contributed by atoms with Crippen LogP contribution in [0.2, 0.25) is 0 Å². The second-order valence-corrected chi connectivity index (χ2v) is 7.85. The molecule has 11 nitrogen and oxygen atoms in total. The molecule has 3 amide bonds. The number of hydrogen-bond acceptors (Lipinski definition) is 9. The second-order valence-electron chi connectivity index (χ2n) is 5.26. The largest absolute Gasteiger partial charge is 0.480 e. The Morgan fingerprint density at radius 3 is 2.45 bits per heavy atom. The summed E-state index contributed by atoms with van der Waals surface area (Å²) in [6.07, 6.45) is 2.33. The van der Waals surface area contributed by atoms with Gasteiger partial charge in [0.15, 0.2) is 5.78 Å². The third-order valence-corrected chi connectivity index (χ3v) is 5.21. The van der Waals surface area contributed by atoms with Crippen molar-refractivity contribution in [2.24, 2.45) is 10.2 Å². The van der Waals surface area contributed by atoms with Gasteiger partial charge in [0.2, 0.25) is 17.7 Å². The highest BCUT2D eigenvalue weighted by molar-refractivity contribution is 8.76. The van der Waals surface area contributed by atoms with Crippen LogP contribution in [0.1, 0.15) is 40.9 Å². The Bertz CT molecular complexity index is 662. The zero-order valence-electron chi connectivity index (χ0n) is 16.9. The van der Waals surface area contributed by atoms with Crippen molar-refractivity contribution in [3.63, 3.8) is 0 Å². The minimum Gasteiger partial charge on any atom is -0.480 e. The Labute approximate surface area is 177 Å². The fraction of sp³-hybridized carbons (Fsp3) is 0.562. The van der Waals surface area contributed by atoms with Gasteiger partial charge in [-0.3, -0.25) is 19.2 Å². The predicted octanol–water partition coefficient (Wildman–Crippen LogP) is 0.311. The molecule has 0 aliphatic heterocycles. The molecule has 0 aromatic heterocycles. The van der Waals surface area contributed by atoms with E-state index in [-0.39, 0.29) is 44.1 Å². The lowest BCUT2D eigenvalue weighted by molar-refractivity contribution is -0.141. The summed E-state index contributed by atoms with van der Waals surface area (Å²) in [5.74, 6) is -2.59. The summed E-state index contributed by atoms with van der Waals surface area (Å²) in [5, 5.41) is 18.5. The van der Waals surface area contributed by atoms with Gasteiger partial charge in [-0.2, -0.15) is 10.2 Å². The minimum atomic E-state index is -1.24. The van der Waals surface area contributed by atoms with Crippen molar-refractivity contribution in [2.45, 2.75) is 45.5 Å². The number of carboxylic acids is 1. The van der Waals surface area contributed by atoms with E-state index in [0.29, 0.717) is 5.75 Å². The summed E-state index contributed by atoms with van der Waals surface area (Å²) in [6.45, 7) is 1.55. The van der Waals surface area contributed by atoms with Gasteiger partial charge in [0.05, 0.1) is 12.0 Å². The van der Waals surface area contributed by atoms with Crippen LogP contribution in [0.3, 0.4) is 0 Å². The van der Waals surface area contributed by atoms with E-state index in [4.69, 9.17) is 6.48 Å². The average molecular weight is 450 g/mol. The van der Waals surface area contributed by atoms with Crippen molar-refractivity contribution in [1.82, 2.24) is 16.2 Å². The smallest absolute Gasteiger partial charge is 0.326 e. The molecule has 0 aliphatic carbocycles. The average Bonchev–Trinajstić information content (AvgIpc) is 2.69. The number of amides is 3. The summed E-state index contributed by atoms with van der Waals surface area (Å²) in [4.78, 5) is 57.1. The van der Waals surface area contributed by atoms with Crippen molar-refractivity contribution in [1.29, 1.82) is 0 Å². The monoisotopic (exact) mass is 449 g/mol. The first-order valence-electron chi connectivity index (χ1n) is 9.17. The quantitative estimate of drug-likeness (QED) is 0.120. The van der Waals surface area contributed by atoms with E-state index in [1.54, 1.807) is 6.92 Å². The molecule has 0 spiro atoms. The molecule has 0 bridgehead atoms. The number of carboxylic acid groups (broad SMARTS) is 1. The molecule has 0 fully saturated rings. The normalized spacial score (nSPS) is 12.4. The molecular formula is C16H25N5O6S2. The van der Waals surface area contributed by atoms with Crippen molar-refractivity contribution < 1.29 is 30.4 Å². The maximum Gasteiger partial charge on any atom is 0.326 e. The summed E-state index contributed by atoms with van der Waals surface area (Å²) in [5.41, 5.74) is 4.34. The Morgan fingerprint density at radius 2 is 1.79 bits per heavy atom. The van der Waals surface area contributed by atoms with E-state index in [1.165, 1.54) is 17.0 Å². The second kappa shape index (κ2) is 16.5. The fourth-order valence-electron chi connectivity index (χ4n) is 1.55. The van der Waals surface area contributed by atoms with Gasteiger partial charge in [0.1, 0.15) is 6.04 Å². The predicted molar refractivity (Wildman–Crippen MR) is 113 cm³/mol. The molecule has 162 valence electrons. The number of nitrogens with one attached hydrogen (secondary N) is 3. The molecule has 0 heterocycles. The fourth-order valence-corrected chi connectivity index (χ4v) is 3.41. The van der Waals surface area contributed by atoms with E-state index in [2.05, 4.69) is 26.4 Å². The zero-order valence-corrected chi connectivity index (χ0v) is 17.5. The van der Waals surface area contributed by atoms with Gasteiger partial charge in [0, 0.05) is 32.6 Å². The van der Waals surface area contributed by atoms with Crippen LogP contribution in [0, 0.1) is 0 Å². The third-order valence-electron chi connectivity index (χ3n) is 2.94. The number of nitrogens with zero attached hydrogens (tertiary/aromatic N) is 2. The van der Waals surface area contributed by atoms with E-state index in [0.717, 1.165) is 17.0 Å². The number of ketones is 1. The first kappa shape index (κ1) is 24.6. The van der Waals surface area contributed by atoms with Crippen molar-refractivity contribution >= 4 is 63.5 Å². The lowest BCUT2D eigenvalue weighted by atomic mass is 10.1. The number of carbonyl (C=O) groups excluding carboxylic acids is 4. The SMILES string of the molecule is [3H]CCC(=O)N/N=C/C(=O)CCSSCC(=O)NC(CCC(=O)N/N=C/C)C(=O)O. The van der Waals surface area contributed by atoms with Crippen molar-refractivity contribution in [3.05, 3.63) is 0 Å². The summed E-state index contributed by atoms with van der Waals surface area (Å²) < 4.78 is 6.87. The van der Waals surface area contributed by atoms with E-state index in [9.17, 15) is 24.0 Å². The summed E-state index contributed by atoms with van der Waals surface area (Å²) >= 11 is 0. The molecule has 0 aliphatic rings. The van der Waals surface area contributed by atoms with Crippen LogP contribution in [0.25, 0.3) is 0 Å². The first-order chi connectivity index (χ1) is 14.3. The van der Waals surface area contributed by atoms with Gasteiger partial charge in [-0.05, 0) is 13.3 Å². The van der Waals surface area contributed by atoms with Crippen LogP contribution in [-0.4, -0.2) is 64.6 Å². The van der Waals surface area contributed by atoms with Gasteiger partial charge in [-0.1, -0.05) is 28.5 Å². The lowest BCUT2D eigenvalue weighted by Crippen LogP contribution is -2.42. The summed E-state index contributed by atoms with van der Waals surface area (Å²) in [6, 6.07) is -1.19. The maximum atomic E-state index is 11.9. The van der Waals surface area contributed by atoms with E-state index in [1.807, 2.05) is 0 Å². The molecule has 13 heteroatoms. The molecule has 1 unspecified atom stereocenters. The first-order valence-corrected chi connectivity index (χ1v) is 11.0. The van der Waals surface area contributed by atoms with Crippen LogP contribution >= 0.6 is 21.6 Å². The van der Waals surface area contributed by atoms with E-state index < -0.39 is 29.7 Å². The molecular weight excluding hydrogens is 422 g/mol. The van der Waals surface area contributed by atoms with Crippen LogP contribution in [0.15, 0.2) is 10.2 Å². The van der Waals surface area contributed by atoms with Crippen molar-refractivity contribution in [3.8, 4) is 0 Å². The van der Waals surface area contributed by atoms with E-state index >= 15 is 0 Å². The molecule has 0 aromatic carbocycles. The molecule has 0 radical (unpaired) electrons. The number of hydrogen-bond donors (Lipinski definition) is 4. The van der Waals surface area contributed by atoms with Crippen LogP contribution in [0.5, 0.6) is 0 Å². The molecule has 4 N–H and O–H groups in total. The molecule has 0 saturated heterocycles. The number of aliphatic carboxylic acids is 1. The Balaban J connectivity index is 4.03. The topological polar surface area (TPSA) is 166 Å². The molecule has 0 rings (SSSR count). The minimum absolute atomic E-state index is 0.00340. The zero-order chi connectivity index (χ0) is 22.8. The highest BCUT2D eigenvalue weighted by Crippen LogP contribution is 2.21. The maximum absolute atomic E-state index is 11.9. The molecule has 29 heavy (non-hydrogen) atoms. The number of carbonyl (C=O) groups is 5. The van der Waals surface area contributed by atoms with Crippen molar-refractivity contribution in [2.75, 3.05) is 11.5 Å². The van der Waals surface area contributed by atoms with Gasteiger partial charge >= 0.3 is 5.97 Å². The number of hydrazone groups is 2. The molecule has 0 aromatic rings. The van der Waals surface area contributed by atoms with Gasteiger partial charge in [-0.15, -0.1) is 0 Å². The Morgan fingerprint density at radius 1 is 1.07 bits per heavy atom. The van der Waals surface area contributed by atoms with Crippen LogP contribution in [-0.2, 0) is 24.0 Å². The van der Waals surface area contributed by atoms with Crippen LogP contribution < -0.4 is 16.2 Å². The third kappa shape index (κ3) is 15.2. The Hall–Kier alpha value is -2.41. The highest BCUT2D eigenvalue weighted by atomic mass is 33.1. The number of rotatable bonds is 15. The summed E-state index contributed by atoms with van der Waals surface area (Å²) in [7, 11) is 2.41. The van der Waals surface area contributed by atoms with Gasteiger partial charge in [0.25, 0.3) is 0 Å². The van der Waals surface area contributed by atoms with Gasteiger partial charge in [-0.25, -0.2) is 15.6 Å². The molecule has 1 atom stereocenters. The van der Waals surface area contributed by atoms with Crippen LogP contribution in [0.4, 0.5) is 0 Å². The highest BCUT2D eigenvalue weighted by Gasteiger charge is 2.21. The standard InChI is InChI=1S/C16H25N5O6S2/c1-3-13(23)20-18-9-11(22)7-8-28-29-10-15(25)19-12(16(26)27)5-6-14(24)21-17-4-2/h4,9,12H,3,5-8,10H2,1-2H3,(H,19,25)(H,20,23)(H,21,24)(H,26,27)/b17-4+,18-9+/i1T.